The highest BCUT2D eigenvalue weighted by atomic mass is 32.2. The standard InChI is InChI=1S/C32H39N9O8S2/c1-23(25-10-14-28(15-11-25)50(42,43)40-48-20-18-46-3)36-38-30-22-31(35-32(34-30)33-27-8-6-5-7-9-27)39-37-24(2)26-12-16-29(17-13-26)51(44,45)41-49-21-19-47-4/h5-17,22,40-41H,18-21H2,1-4H3,(H3,33,34,35,38,39). The third-order valence-electron chi connectivity index (χ3n) is 6.71. The van der Waals surface area contributed by atoms with Crippen LogP contribution in [-0.4, -0.2) is 78.9 Å². The maximum Gasteiger partial charge on any atom is 0.262 e. The van der Waals surface area contributed by atoms with Crippen molar-refractivity contribution in [3.63, 3.8) is 0 Å². The van der Waals surface area contributed by atoms with Gasteiger partial charge in [0.05, 0.1) is 47.6 Å². The Labute approximate surface area is 296 Å². The minimum absolute atomic E-state index is 0.0183. The van der Waals surface area contributed by atoms with Gasteiger partial charge in [-0.15, -0.1) is 0 Å². The normalized spacial score (nSPS) is 12.5. The fourth-order valence-corrected chi connectivity index (χ4v) is 5.67. The maximum atomic E-state index is 12.5. The highest BCUT2D eigenvalue weighted by molar-refractivity contribution is 7.89. The molecule has 0 fully saturated rings. The Kier molecular flexibility index (Phi) is 14.5. The summed E-state index contributed by atoms with van der Waals surface area (Å²) < 4.78 is 59.6. The summed E-state index contributed by atoms with van der Waals surface area (Å²) in [5.74, 6) is 0.896. The molecule has 19 heteroatoms. The first kappa shape index (κ1) is 38.9. The zero-order chi connectivity index (χ0) is 36.7. The molecule has 1 aromatic heterocycles. The number of benzene rings is 3. The molecule has 4 aromatic rings. The lowest BCUT2D eigenvalue weighted by Gasteiger charge is -2.11. The van der Waals surface area contributed by atoms with Gasteiger partial charge in [-0.2, -0.15) is 20.2 Å². The molecular formula is C32H39N9O8S2. The summed E-state index contributed by atoms with van der Waals surface area (Å²) in [4.78, 5) is 23.1. The van der Waals surface area contributed by atoms with E-state index in [0.717, 1.165) is 5.69 Å². The highest BCUT2D eigenvalue weighted by Crippen LogP contribution is 2.20. The molecule has 1 heterocycles. The molecule has 51 heavy (non-hydrogen) atoms. The fraction of sp³-hybridized carbons (Fsp3) is 0.250. The average molecular weight is 742 g/mol. The van der Waals surface area contributed by atoms with Crippen LogP contribution in [-0.2, 0) is 39.2 Å². The van der Waals surface area contributed by atoms with E-state index in [-0.39, 0.29) is 42.2 Å². The summed E-state index contributed by atoms with van der Waals surface area (Å²) in [6.07, 6.45) is 0. The molecule has 0 amide bonds. The van der Waals surface area contributed by atoms with Crippen LogP contribution in [0.3, 0.4) is 0 Å². The fourth-order valence-electron chi connectivity index (χ4n) is 4.01. The smallest absolute Gasteiger partial charge is 0.262 e. The first-order valence-electron chi connectivity index (χ1n) is 15.3. The van der Waals surface area contributed by atoms with Gasteiger partial charge in [-0.1, -0.05) is 52.2 Å². The van der Waals surface area contributed by atoms with Crippen LogP contribution in [0.25, 0.3) is 0 Å². The lowest BCUT2D eigenvalue weighted by Crippen LogP contribution is -2.25. The Morgan fingerprint density at radius 3 is 1.47 bits per heavy atom. The van der Waals surface area contributed by atoms with Gasteiger partial charge in [0.15, 0.2) is 11.6 Å². The van der Waals surface area contributed by atoms with Gasteiger partial charge >= 0.3 is 0 Å². The van der Waals surface area contributed by atoms with Crippen LogP contribution in [0.4, 0.5) is 23.3 Å². The number of sulfonamides is 2. The second-order valence-corrected chi connectivity index (χ2v) is 13.8. The van der Waals surface area contributed by atoms with E-state index in [1.807, 2.05) is 30.3 Å². The second kappa shape index (κ2) is 18.9. The van der Waals surface area contributed by atoms with Crippen molar-refractivity contribution in [1.82, 2.24) is 19.7 Å². The van der Waals surface area contributed by atoms with E-state index < -0.39 is 20.0 Å². The quantitative estimate of drug-likeness (QED) is 0.0498. The Hall–Kier alpha value is -4.86. The predicted molar refractivity (Wildman–Crippen MR) is 193 cm³/mol. The molecule has 0 spiro atoms. The van der Waals surface area contributed by atoms with Gasteiger partial charge in [0.25, 0.3) is 20.0 Å². The van der Waals surface area contributed by atoms with Gasteiger partial charge in [-0.05, 0) is 61.4 Å². The van der Waals surface area contributed by atoms with Crippen molar-refractivity contribution in [2.24, 2.45) is 10.2 Å². The van der Waals surface area contributed by atoms with Crippen LogP contribution >= 0.6 is 0 Å². The van der Waals surface area contributed by atoms with Crippen molar-refractivity contribution in [2.75, 3.05) is 56.8 Å². The molecule has 0 saturated carbocycles. The van der Waals surface area contributed by atoms with Gasteiger partial charge in [0, 0.05) is 26.0 Å². The summed E-state index contributed by atoms with van der Waals surface area (Å²) in [5, 5.41) is 12.0. The van der Waals surface area contributed by atoms with E-state index in [1.54, 1.807) is 44.2 Å². The van der Waals surface area contributed by atoms with Crippen LogP contribution in [0.1, 0.15) is 25.0 Å². The molecule has 0 aliphatic carbocycles. The number of rotatable bonds is 20. The highest BCUT2D eigenvalue weighted by Gasteiger charge is 2.16. The zero-order valence-electron chi connectivity index (χ0n) is 28.3. The molecule has 0 saturated heterocycles. The van der Waals surface area contributed by atoms with Crippen molar-refractivity contribution >= 4 is 54.7 Å². The number of hydrogen-bond donors (Lipinski definition) is 5. The Bertz CT molecular complexity index is 1880. The number of ether oxygens (including phenoxy) is 2. The molecule has 0 unspecified atom stereocenters. The molecule has 3 aromatic carbocycles. The van der Waals surface area contributed by atoms with Crippen LogP contribution in [0.15, 0.2) is 105 Å². The van der Waals surface area contributed by atoms with E-state index in [1.165, 1.54) is 38.5 Å². The summed E-state index contributed by atoms with van der Waals surface area (Å²) in [6.45, 7) is 4.10. The Balaban J connectivity index is 1.49. The molecule has 4 rings (SSSR count). The molecule has 0 atom stereocenters. The number of para-hydroxylation sites is 1. The molecule has 272 valence electrons. The van der Waals surface area contributed by atoms with Crippen molar-refractivity contribution in [1.29, 1.82) is 0 Å². The zero-order valence-corrected chi connectivity index (χ0v) is 29.9. The molecule has 17 nitrogen and oxygen atoms in total. The third kappa shape index (κ3) is 12.2. The molecule has 0 bridgehead atoms. The van der Waals surface area contributed by atoms with E-state index in [0.29, 0.717) is 34.2 Å². The number of hydrazone groups is 2. The number of anilines is 4. The molecule has 0 aliphatic rings. The lowest BCUT2D eigenvalue weighted by molar-refractivity contribution is 0.0438. The summed E-state index contributed by atoms with van der Waals surface area (Å²) >= 11 is 0. The maximum absolute atomic E-state index is 12.5. The number of aromatic nitrogens is 2. The molecule has 0 radical (unpaired) electrons. The molecule has 5 N–H and O–H groups in total. The monoisotopic (exact) mass is 741 g/mol. The van der Waals surface area contributed by atoms with Crippen molar-refractivity contribution in [3.05, 3.63) is 96.1 Å². The summed E-state index contributed by atoms with van der Waals surface area (Å²) in [7, 11) is -4.79. The number of methoxy groups -OCH3 is 2. The van der Waals surface area contributed by atoms with Crippen molar-refractivity contribution < 1.29 is 36.0 Å². The van der Waals surface area contributed by atoms with Gasteiger partial charge in [0.2, 0.25) is 5.95 Å². The SMILES string of the molecule is COCCONS(=O)(=O)c1ccc(C(C)=NNc2cc(NN=C(C)c3ccc(S(=O)(=O)NOCCOC)cc3)nc(Nc3ccccc3)n2)cc1. The van der Waals surface area contributed by atoms with Gasteiger partial charge in [0.1, 0.15) is 0 Å². The first-order valence-corrected chi connectivity index (χ1v) is 18.2. The summed E-state index contributed by atoms with van der Waals surface area (Å²) in [6, 6.07) is 23.2. The third-order valence-corrected chi connectivity index (χ3v) is 9.17. The molecule has 0 aliphatic heterocycles. The van der Waals surface area contributed by atoms with Crippen molar-refractivity contribution in [3.8, 4) is 0 Å². The van der Waals surface area contributed by atoms with Gasteiger partial charge < -0.3 is 14.8 Å². The minimum atomic E-state index is -3.88. The van der Waals surface area contributed by atoms with Crippen LogP contribution in [0, 0.1) is 0 Å². The van der Waals surface area contributed by atoms with Crippen LogP contribution in [0.2, 0.25) is 0 Å². The number of nitrogens with zero attached hydrogens (tertiary/aromatic N) is 4. The van der Waals surface area contributed by atoms with Crippen LogP contribution in [0.5, 0.6) is 0 Å². The van der Waals surface area contributed by atoms with Crippen LogP contribution < -0.4 is 25.9 Å². The molecular weight excluding hydrogens is 703 g/mol. The minimum Gasteiger partial charge on any atom is -0.382 e. The Morgan fingerprint density at radius 1 is 0.627 bits per heavy atom. The van der Waals surface area contributed by atoms with Gasteiger partial charge in [-0.25, -0.2) is 16.8 Å². The van der Waals surface area contributed by atoms with Gasteiger partial charge in [-0.3, -0.25) is 20.5 Å². The number of nitrogens with one attached hydrogen (secondary N) is 5. The predicted octanol–water partition coefficient (Wildman–Crippen LogP) is 3.61. The summed E-state index contributed by atoms with van der Waals surface area (Å²) in [5.41, 5.74) is 9.00. The number of hydrogen-bond acceptors (Lipinski definition) is 15. The lowest BCUT2D eigenvalue weighted by atomic mass is 10.1. The second-order valence-electron chi connectivity index (χ2n) is 10.5. The average Bonchev–Trinajstić information content (AvgIpc) is 3.13. The topological polar surface area (TPSA) is 216 Å². The Morgan fingerprint density at radius 2 is 1.06 bits per heavy atom. The van der Waals surface area contributed by atoms with E-state index >= 15 is 0 Å². The van der Waals surface area contributed by atoms with Crippen molar-refractivity contribution in [2.45, 2.75) is 23.6 Å². The largest absolute Gasteiger partial charge is 0.382 e. The van der Waals surface area contributed by atoms with E-state index in [2.05, 4.69) is 46.1 Å². The first-order chi connectivity index (χ1) is 24.5. The van der Waals surface area contributed by atoms with E-state index in [4.69, 9.17) is 19.1 Å². The van der Waals surface area contributed by atoms with E-state index in [9.17, 15) is 16.8 Å².